The number of urea groups is 1. The molecule has 0 spiro atoms. The second-order valence-electron chi connectivity index (χ2n) is 7.78. The van der Waals surface area contributed by atoms with Crippen molar-refractivity contribution < 1.29 is 19.1 Å². The van der Waals surface area contributed by atoms with Gasteiger partial charge < -0.3 is 15.0 Å². The minimum atomic E-state index is -0.561. The van der Waals surface area contributed by atoms with E-state index in [0.29, 0.717) is 37.3 Å². The molecular weight excluding hydrogens is 428 g/mol. The largest absolute Gasteiger partial charge is 0.463 e. The maximum absolute atomic E-state index is 13.1. The Kier molecular flexibility index (Phi) is 8.46. The average molecular weight is 461 g/mol. The molecule has 1 N–H and O–H groups in total. The third-order valence-electron chi connectivity index (χ3n) is 5.74. The van der Waals surface area contributed by atoms with Crippen LogP contribution in [0, 0.1) is 0 Å². The molecule has 1 aromatic heterocycles. The number of carbonyl (C=O) groups is 3. The molecule has 2 aliphatic heterocycles. The molecule has 32 heavy (non-hydrogen) atoms. The highest BCUT2D eigenvalue weighted by Gasteiger charge is 2.38. The lowest BCUT2D eigenvalue weighted by atomic mass is 9.96. The van der Waals surface area contributed by atoms with Crippen molar-refractivity contribution in [2.75, 3.05) is 45.9 Å². The number of esters is 1. The van der Waals surface area contributed by atoms with Crippen molar-refractivity contribution >= 4 is 29.2 Å². The first-order chi connectivity index (χ1) is 15.5. The summed E-state index contributed by atoms with van der Waals surface area (Å²) in [6.45, 7) is 11.2. The maximum atomic E-state index is 13.1. The molecule has 1 aromatic rings. The highest BCUT2D eigenvalue weighted by molar-refractivity contribution is 7.08. The number of hydrogen-bond acceptors (Lipinski definition) is 6. The van der Waals surface area contributed by atoms with Gasteiger partial charge in [0, 0.05) is 51.4 Å². The number of amides is 3. The number of nitrogens with one attached hydrogen (secondary N) is 1. The number of carbonyl (C=O) groups excluding carboxylic acids is 3. The first kappa shape index (κ1) is 24.0. The molecule has 0 radical (unpaired) electrons. The second kappa shape index (κ2) is 11.3. The van der Waals surface area contributed by atoms with Crippen LogP contribution in [-0.4, -0.2) is 78.5 Å². The van der Waals surface area contributed by atoms with Crippen molar-refractivity contribution in [3.8, 4) is 0 Å². The second-order valence-corrected chi connectivity index (χ2v) is 8.56. The van der Waals surface area contributed by atoms with Gasteiger partial charge in [0.1, 0.15) is 0 Å². The van der Waals surface area contributed by atoms with Crippen LogP contribution in [0.2, 0.25) is 0 Å². The van der Waals surface area contributed by atoms with E-state index in [0.717, 1.165) is 25.1 Å². The fraction of sp³-hybridized carbons (Fsp3) is 0.522. The van der Waals surface area contributed by atoms with Gasteiger partial charge in [-0.25, -0.2) is 9.59 Å². The summed E-state index contributed by atoms with van der Waals surface area (Å²) in [5, 5.41) is 6.83. The molecule has 1 atom stereocenters. The lowest BCUT2D eigenvalue weighted by Gasteiger charge is -2.37. The van der Waals surface area contributed by atoms with E-state index in [1.54, 1.807) is 17.9 Å². The Morgan fingerprint density at radius 3 is 2.75 bits per heavy atom. The molecule has 0 saturated carbocycles. The predicted molar refractivity (Wildman–Crippen MR) is 124 cm³/mol. The van der Waals surface area contributed by atoms with E-state index in [-0.39, 0.29) is 25.1 Å². The summed E-state index contributed by atoms with van der Waals surface area (Å²) in [6, 6.07) is 1.09. The van der Waals surface area contributed by atoms with Crippen LogP contribution in [0.3, 0.4) is 0 Å². The topological polar surface area (TPSA) is 82.2 Å². The first-order valence-electron chi connectivity index (χ1n) is 11.1. The van der Waals surface area contributed by atoms with Crippen molar-refractivity contribution in [1.29, 1.82) is 0 Å². The lowest BCUT2D eigenvalue weighted by Crippen LogP contribution is -2.51. The molecule has 3 heterocycles. The molecule has 0 aromatic carbocycles. The zero-order valence-electron chi connectivity index (χ0n) is 18.8. The molecule has 3 rings (SSSR count). The summed E-state index contributed by atoms with van der Waals surface area (Å²) in [4.78, 5) is 44.0. The molecule has 1 unspecified atom stereocenters. The van der Waals surface area contributed by atoms with E-state index in [2.05, 4.69) is 16.8 Å². The molecule has 3 amide bonds. The fourth-order valence-corrected chi connectivity index (χ4v) is 4.83. The van der Waals surface area contributed by atoms with Crippen molar-refractivity contribution in [2.45, 2.75) is 32.7 Å². The van der Waals surface area contributed by atoms with Gasteiger partial charge in [0.15, 0.2) is 0 Å². The standard InChI is InChI=1S/C23H32N4O4S/c1-4-9-27-18(15-25-10-7-11-26(13-12-25)19(28)5-2)20(22(29)31-6-3)21(24-23(27)30)17-8-14-32-16-17/h4,8,14,16,21H,1,5-7,9-13,15H2,2-3H3,(H,24,30). The smallest absolute Gasteiger partial charge is 0.338 e. The van der Waals surface area contributed by atoms with Gasteiger partial charge in [-0.15, -0.1) is 6.58 Å². The minimum absolute atomic E-state index is 0.154. The predicted octanol–water partition coefficient (Wildman–Crippen LogP) is 2.76. The monoisotopic (exact) mass is 460 g/mol. The zero-order chi connectivity index (χ0) is 23.1. The molecule has 0 bridgehead atoms. The summed E-state index contributed by atoms with van der Waals surface area (Å²) in [6.07, 6.45) is 2.99. The SMILES string of the molecule is C=CCN1C(=O)NC(c2ccsc2)C(C(=O)OCC)=C1CN1CCCN(C(=O)CC)CC1. The number of ether oxygens (including phenoxy) is 1. The summed E-state index contributed by atoms with van der Waals surface area (Å²) in [5.41, 5.74) is 1.95. The quantitative estimate of drug-likeness (QED) is 0.477. The van der Waals surface area contributed by atoms with E-state index in [4.69, 9.17) is 4.74 Å². The number of rotatable bonds is 8. The molecule has 1 saturated heterocycles. The number of nitrogens with zero attached hydrogens (tertiary/aromatic N) is 3. The fourth-order valence-electron chi connectivity index (χ4n) is 4.15. The van der Waals surface area contributed by atoms with Crippen LogP contribution in [0.5, 0.6) is 0 Å². The number of thiophene rings is 1. The Hall–Kier alpha value is -2.65. The van der Waals surface area contributed by atoms with Crippen molar-refractivity contribution in [2.24, 2.45) is 0 Å². The van der Waals surface area contributed by atoms with Gasteiger partial charge in [0.2, 0.25) is 5.91 Å². The van der Waals surface area contributed by atoms with E-state index >= 15 is 0 Å². The maximum Gasteiger partial charge on any atom is 0.338 e. The highest BCUT2D eigenvalue weighted by Crippen LogP contribution is 2.33. The average Bonchev–Trinajstić information content (AvgIpc) is 3.22. The van der Waals surface area contributed by atoms with E-state index in [1.807, 2.05) is 28.7 Å². The van der Waals surface area contributed by atoms with Gasteiger partial charge in [-0.2, -0.15) is 11.3 Å². The minimum Gasteiger partial charge on any atom is -0.463 e. The Labute approximate surface area is 193 Å². The molecule has 174 valence electrons. The summed E-state index contributed by atoms with van der Waals surface area (Å²) in [5.74, 6) is -0.272. The van der Waals surface area contributed by atoms with Crippen LogP contribution in [0.1, 0.15) is 38.3 Å². The molecule has 1 fully saturated rings. The van der Waals surface area contributed by atoms with E-state index in [1.165, 1.54) is 11.3 Å². The van der Waals surface area contributed by atoms with Crippen LogP contribution >= 0.6 is 11.3 Å². The van der Waals surface area contributed by atoms with Gasteiger partial charge in [0.25, 0.3) is 0 Å². The summed E-state index contributed by atoms with van der Waals surface area (Å²) in [7, 11) is 0. The normalized spacial score (nSPS) is 20.1. The van der Waals surface area contributed by atoms with E-state index in [9.17, 15) is 14.4 Å². The Balaban J connectivity index is 1.97. The van der Waals surface area contributed by atoms with Gasteiger partial charge in [-0.3, -0.25) is 14.6 Å². The molecule has 2 aliphatic rings. The first-order valence-corrected chi connectivity index (χ1v) is 12.1. The Morgan fingerprint density at radius 1 is 1.28 bits per heavy atom. The van der Waals surface area contributed by atoms with Gasteiger partial charge in [-0.05, 0) is 35.7 Å². The molecular formula is C23H32N4O4S. The van der Waals surface area contributed by atoms with Gasteiger partial charge in [-0.1, -0.05) is 13.0 Å². The van der Waals surface area contributed by atoms with Crippen molar-refractivity contribution in [3.05, 3.63) is 46.3 Å². The summed E-state index contributed by atoms with van der Waals surface area (Å²) < 4.78 is 5.41. The van der Waals surface area contributed by atoms with Crippen LogP contribution in [0.25, 0.3) is 0 Å². The molecule has 0 aliphatic carbocycles. The van der Waals surface area contributed by atoms with Crippen molar-refractivity contribution in [3.63, 3.8) is 0 Å². The molecule has 8 nitrogen and oxygen atoms in total. The van der Waals surface area contributed by atoms with Crippen LogP contribution < -0.4 is 5.32 Å². The van der Waals surface area contributed by atoms with Crippen LogP contribution in [0.4, 0.5) is 4.79 Å². The Bertz CT molecular complexity index is 867. The summed E-state index contributed by atoms with van der Waals surface area (Å²) >= 11 is 1.51. The van der Waals surface area contributed by atoms with Gasteiger partial charge >= 0.3 is 12.0 Å². The highest BCUT2D eigenvalue weighted by atomic mass is 32.1. The number of hydrogen-bond donors (Lipinski definition) is 1. The van der Waals surface area contributed by atoms with Crippen LogP contribution in [0.15, 0.2) is 40.8 Å². The third-order valence-corrected chi connectivity index (χ3v) is 6.44. The van der Waals surface area contributed by atoms with Crippen LogP contribution in [-0.2, 0) is 14.3 Å². The zero-order valence-corrected chi connectivity index (χ0v) is 19.7. The molecule has 9 heteroatoms. The van der Waals surface area contributed by atoms with E-state index < -0.39 is 12.0 Å². The Morgan fingerprint density at radius 2 is 2.09 bits per heavy atom. The van der Waals surface area contributed by atoms with Crippen molar-refractivity contribution in [1.82, 2.24) is 20.0 Å². The van der Waals surface area contributed by atoms with Gasteiger partial charge in [0.05, 0.1) is 18.2 Å². The third kappa shape index (κ3) is 5.39. The lowest BCUT2D eigenvalue weighted by molar-refractivity contribution is -0.139.